The van der Waals surface area contributed by atoms with Crippen molar-refractivity contribution in [3.63, 3.8) is 0 Å². The van der Waals surface area contributed by atoms with E-state index < -0.39 is 17.0 Å². The number of carboxylic acids is 1. The maximum absolute atomic E-state index is 11.9. The van der Waals surface area contributed by atoms with Gasteiger partial charge in [0.15, 0.2) is 5.60 Å². The third kappa shape index (κ3) is 3.44. The zero-order valence-electron chi connectivity index (χ0n) is 14.4. The van der Waals surface area contributed by atoms with Crippen LogP contribution in [-0.2, 0) is 16.6 Å². The van der Waals surface area contributed by atoms with Gasteiger partial charge in [-0.25, -0.2) is 4.79 Å². The number of aliphatic hydroxyl groups is 1. The highest BCUT2D eigenvalue weighted by molar-refractivity contribution is 5.82. The van der Waals surface area contributed by atoms with Gasteiger partial charge in [0, 0.05) is 17.4 Å². The van der Waals surface area contributed by atoms with E-state index in [1.54, 1.807) is 6.26 Å². The van der Waals surface area contributed by atoms with Gasteiger partial charge in [-0.1, -0.05) is 62.4 Å². The quantitative estimate of drug-likeness (QED) is 0.708. The Kier molecular flexibility index (Phi) is 4.39. The van der Waals surface area contributed by atoms with Gasteiger partial charge in [0.2, 0.25) is 0 Å². The zero-order valence-corrected chi connectivity index (χ0v) is 14.4. The summed E-state index contributed by atoms with van der Waals surface area (Å²) in [5, 5.41) is 21.6. The number of rotatable bonds is 6. The second-order valence-corrected chi connectivity index (χ2v) is 7.20. The highest BCUT2D eigenvalue weighted by Crippen LogP contribution is 2.38. The van der Waals surface area contributed by atoms with Crippen LogP contribution in [0.4, 0.5) is 0 Å². The molecule has 0 bridgehead atoms. The van der Waals surface area contributed by atoms with Crippen LogP contribution in [-0.4, -0.2) is 21.8 Å². The molecule has 4 nitrogen and oxygen atoms in total. The fourth-order valence-electron chi connectivity index (χ4n) is 3.50. The molecule has 2 aromatic carbocycles. The Morgan fingerprint density at radius 3 is 2.44 bits per heavy atom. The summed E-state index contributed by atoms with van der Waals surface area (Å²) < 4.78 is 5.60. The molecule has 3 aromatic rings. The van der Waals surface area contributed by atoms with Crippen LogP contribution in [0, 0.1) is 0 Å². The van der Waals surface area contributed by atoms with Crippen molar-refractivity contribution in [1.82, 2.24) is 0 Å². The van der Waals surface area contributed by atoms with Crippen molar-refractivity contribution in [3.05, 3.63) is 72.0 Å². The summed E-state index contributed by atoms with van der Waals surface area (Å²) in [6, 6.07) is 16.9. The molecule has 130 valence electrons. The number of furan rings is 1. The first-order valence-electron chi connectivity index (χ1n) is 8.28. The molecule has 0 radical (unpaired) electrons. The number of fused-ring (bicyclic) bond motifs is 1. The van der Waals surface area contributed by atoms with Crippen LogP contribution in [0.5, 0.6) is 0 Å². The molecule has 0 aliphatic carbocycles. The molecule has 1 atom stereocenters. The molecular weight excluding hydrogens is 316 g/mol. The van der Waals surface area contributed by atoms with Crippen LogP contribution < -0.4 is 0 Å². The summed E-state index contributed by atoms with van der Waals surface area (Å²) >= 11 is 0. The lowest BCUT2D eigenvalue weighted by Gasteiger charge is -2.34. The maximum Gasteiger partial charge on any atom is 0.336 e. The minimum absolute atomic E-state index is 0.0563. The van der Waals surface area contributed by atoms with E-state index in [0.29, 0.717) is 0 Å². The van der Waals surface area contributed by atoms with Crippen molar-refractivity contribution < 1.29 is 19.4 Å². The molecule has 0 saturated carbocycles. The Morgan fingerprint density at radius 2 is 1.76 bits per heavy atom. The van der Waals surface area contributed by atoms with Crippen molar-refractivity contribution in [2.75, 3.05) is 0 Å². The van der Waals surface area contributed by atoms with Crippen molar-refractivity contribution in [2.24, 2.45) is 0 Å². The lowest BCUT2D eigenvalue weighted by Crippen LogP contribution is -2.45. The Balaban J connectivity index is 1.96. The number of hydrogen-bond donors (Lipinski definition) is 2. The predicted octanol–water partition coefficient (Wildman–Crippen LogP) is 4.16. The molecule has 0 aliphatic rings. The van der Waals surface area contributed by atoms with Gasteiger partial charge in [-0.05, 0) is 23.5 Å². The van der Waals surface area contributed by atoms with Gasteiger partial charge in [0.05, 0.1) is 6.26 Å². The topological polar surface area (TPSA) is 70.7 Å². The molecule has 0 aliphatic heterocycles. The normalized spacial score (nSPS) is 14.4. The first kappa shape index (κ1) is 17.2. The summed E-state index contributed by atoms with van der Waals surface area (Å²) in [6.45, 7) is 3.87. The van der Waals surface area contributed by atoms with Gasteiger partial charge in [-0.2, -0.15) is 0 Å². The first-order valence-corrected chi connectivity index (χ1v) is 8.28. The van der Waals surface area contributed by atoms with E-state index in [9.17, 15) is 15.0 Å². The summed E-state index contributed by atoms with van der Waals surface area (Å²) in [5.74, 6) is -1.21. The number of carbonyl (C=O) groups is 1. The van der Waals surface area contributed by atoms with Crippen LogP contribution >= 0.6 is 0 Å². The lowest BCUT2D eigenvalue weighted by molar-refractivity contribution is -0.160. The number of aliphatic carboxylic acids is 1. The van der Waals surface area contributed by atoms with Gasteiger partial charge in [0.1, 0.15) is 5.58 Å². The van der Waals surface area contributed by atoms with Crippen LogP contribution in [0.3, 0.4) is 0 Å². The summed E-state index contributed by atoms with van der Waals surface area (Å²) in [7, 11) is 0. The summed E-state index contributed by atoms with van der Waals surface area (Å²) in [4.78, 5) is 11.9. The van der Waals surface area contributed by atoms with Crippen molar-refractivity contribution in [2.45, 2.75) is 37.7 Å². The van der Waals surface area contributed by atoms with Crippen LogP contribution in [0.1, 0.15) is 31.4 Å². The molecular formula is C21H22O4. The van der Waals surface area contributed by atoms with E-state index in [0.717, 1.165) is 22.1 Å². The average molecular weight is 338 g/mol. The highest BCUT2D eigenvalue weighted by Gasteiger charge is 2.42. The molecule has 1 heterocycles. The second-order valence-electron chi connectivity index (χ2n) is 7.20. The Bertz CT molecular complexity index is 879. The zero-order chi connectivity index (χ0) is 18.1. The van der Waals surface area contributed by atoms with Crippen molar-refractivity contribution >= 4 is 16.9 Å². The number of hydrogen-bond acceptors (Lipinski definition) is 3. The van der Waals surface area contributed by atoms with E-state index in [2.05, 4.69) is 0 Å². The van der Waals surface area contributed by atoms with Gasteiger partial charge >= 0.3 is 5.97 Å². The Labute approximate surface area is 146 Å². The minimum Gasteiger partial charge on any atom is -0.479 e. The first-order chi connectivity index (χ1) is 11.8. The summed E-state index contributed by atoms with van der Waals surface area (Å²) in [6.07, 6.45) is 1.75. The van der Waals surface area contributed by atoms with Crippen molar-refractivity contribution in [3.8, 4) is 0 Å². The second kappa shape index (κ2) is 6.37. The number of carboxylic acid groups (broad SMARTS) is 1. The standard InChI is InChI=1S/C21H22O4/c1-20(2,17-10-6-9-16-11-12-25-18(16)17)14-21(24,19(22)23)13-15-7-4-3-5-8-15/h3-12,24H,13-14H2,1-2H3,(H,22,23). The molecule has 25 heavy (non-hydrogen) atoms. The molecule has 1 unspecified atom stereocenters. The van der Waals surface area contributed by atoms with E-state index in [4.69, 9.17) is 4.42 Å². The molecule has 2 N–H and O–H groups in total. The smallest absolute Gasteiger partial charge is 0.336 e. The van der Waals surface area contributed by atoms with E-state index in [1.807, 2.05) is 68.4 Å². The SMILES string of the molecule is CC(C)(CC(O)(Cc1ccccc1)C(=O)O)c1cccc2ccoc12. The minimum atomic E-state index is -1.86. The van der Waals surface area contributed by atoms with Crippen molar-refractivity contribution in [1.29, 1.82) is 0 Å². The molecule has 4 heteroatoms. The third-order valence-electron chi connectivity index (χ3n) is 4.68. The molecule has 0 fully saturated rings. The van der Waals surface area contributed by atoms with Gasteiger partial charge in [0.25, 0.3) is 0 Å². The lowest BCUT2D eigenvalue weighted by atomic mass is 9.73. The molecule has 0 saturated heterocycles. The number of para-hydroxylation sites is 1. The van der Waals surface area contributed by atoms with Crippen LogP contribution in [0.2, 0.25) is 0 Å². The van der Waals surface area contributed by atoms with E-state index in [1.165, 1.54) is 0 Å². The maximum atomic E-state index is 11.9. The molecule has 0 amide bonds. The van der Waals surface area contributed by atoms with Gasteiger partial charge in [-0.15, -0.1) is 0 Å². The monoisotopic (exact) mass is 338 g/mol. The van der Waals surface area contributed by atoms with Gasteiger partial charge < -0.3 is 14.6 Å². The fraction of sp³-hybridized carbons (Fsp3) is 0.286. The fourth-order valence-corrected chi connectivity index (χ4v) is 3.50. The largest absolute Gasteiger partial charge is 0.479 e. The molecule has 0 spiro atoms. The van der Waals surface area contributed by atoms with Crippen LogP contribution in [0.25, 0.3) is 11.0 Å². The summed E-state index contributed by atoms with van der Waals surface area (Å²) in [5.41, 5.74) is -0.0269. The predicted molar refractivity (Wildman–Crippen MR) is 96.6 cm³/mol. The molecule has 3 rings (SSSR count). The Hall–Kier alpha value is -2.59. The van der Waals surface area contributed by atoms with Crippen LogP contribution in [0.15, 0.2) is 65.3 Å². The average Bonchev–Trinajstić information content (AvgIpc) is 3.03. The molecule has 1 aromatic heterocycles. The van der Waals surface area contributed by atoms with E-state index >= 15 is 0 Å². The third-order valence-corrected chi connectivity index (χ3v) is 4.68. The van der Waals surface area contributed by atoms with E-state index in [-0.39, 0.29) is 12.8 Å². The highest BCUT2D eigenvalue weighted by atomic mass is 16.4. The Morgan fingerprint density at radius 1 is 1.04 bits per heavy atom. The van der Waals surface area contributed by atoms with Gasteiger partial charge in [-0.3, -0.25) is 0 Å². The number of benzene rings is 2.